The Kier molecular flexibility index (Phi) is 11.5. The summed E-state index contributed by atoms with van der Waals surface area (Å²) < 4.78 is 29.0. The van der Waals surface area contributed by atoms with Crippen LogP contribution in [0.3, 0.4) is 0 Å². The minimum Gasteiger partial charge on any atom is -0.493 e. The molecular formula is C33H38N2O8. The van der Waals surface area contributed by atoms with Crippen LogP contribution in [-0.4, -0.2) is 60.9 Å². The van der Waals surface area contributed by atoms with E-state index in [1.54, 1.807) is 6.92 Å². The molecule has 0 spiro atoms. The van der Waals surface area contributed by atoms with Gasteiger partial charge in [0.25, 0.3) is 5.91 Å². The molecule has 4 atom stereocenters. The second-order valence-electron chi connectivity index (χ2n) is 10.3. The molecule has 1 aliphatic rings. The number of nitrogens with one attached hydrogen (secondary N) is 1. The summed E-state index contributed by atoms with van der Waals surface area (Å²) >= 11 is 0. The predicted molar refractivity (Wildman–Crippen MR) is 158 cm³/mol. The van der Waals surface area contributed by atoms with Crippen molar-refractivity contribution in [2.24, 2.45) is 0 Å². The minimum atomic E-state index is -0.970. The van der Waals surface area contributed by atoms with Crippen LogP contribution in [0.1, 0.15) is 55.6 Å². The van der Waals surface area contributed by atoms with E-state index in [2.05, 4.69) is 22.4 Å². The first kappa shape index (κ1) is 31.5. The van der Waals surface area contributed by atoms with E-state index in [-0.39, 0.29) is 17.2 Å². The van der Waals surface area contributed by atoms with Crippen molar-refractivity contribution in [1.82, 2.24) is 10.3 Å². The topological polar surface area (TPSA) is 122 Å². The number of cyclic esters (lactones) is 1. The molecule has 0 saturated carbocycles. The number of aromatic nitrogens is 1. The fraction of sp³-hybridized carbons (Fsp3) is 0.394. The average Bonchev–Trinajstić information content (AvgIpc) is 3.05. The van der Waals surface area contributed by atoms with Gasteiger partial charge in [-0.3, -0.25) is 9.59 Å². The molecule has 3 aromatic rings. The summed E-state index contributed by atoms with van der Waals surface area (Å²) in [4.78, 5) is 42.4. The van der Waals surface area contributed by atoms with E-state index in [0.29, 0.717) is 31.6 Å². The van der Waals surface area contributed by atoms with Crippen LogP contribution in [0.5, 0.6) is 17.2 Å². The molecule has 228 valence electrons. The largest absolute Gasteiger partial charge is 0.493 e. The zero-order chi connectivity index (χ0) is 30.6. The summed E-state index contributed by atoms with van der Waals surface area (Å²) in [5, 5.41) is 2.71. The van der Waals surface area contributed by atoms with Crippen molar-refractivity contribution in [3.05, 3.63) is 84.2 Å². The SMILES string of the molecule is COc1ccnc(C(=O)NC2CCCC(Oc3ccccc3)C(OCCCc3ccccc3)C(C)OC2=O)c1OC(C)=O. The highest BCUT2D eigenvalue weighted by atomic mass is 16.6. The molecule has 1 saturated heterocycles. The first-order chi connectivity index (χ1) is 20.9. The quantitative estimate of drug-likeness (QED) is 0.250. The van der Waals surface area contributed by atoms with Crippen LogP contribution in [0.25, 0.3) is 0 Å². The fourth-order valence-corrected chi connectivity index (χ4v) is 4.98. The van der Waals surface area contributed by atoms with Crippen LogP contribution in [0.2, 0.25) is 0 Å². The van der Waals surface area contributed by atoms with Crippen molar-refractivity contribution in [3.8, 4) is 17.2 Å². The maximum Gasteiger partial charge on any atom is 0.329 e. The number of para-hydroxylation sites is 1. The molecule has 0 aliphatic carbocycles. The Balaban J connectivity index is 1.48. The zero-order valence-corrected chi connectivity index (χ0v) is 24.7. The lowest BCUT2D eigenvalue weighted by Gasteiger charge is -2.31. The molecule has 10 heteroatoms. The number of hydrogen-bond acceptors (Lipinski definition) is 9. The Hall–Kier alpha value is -4.44. The highest BCUT2D eigenvalue weighted by Crippen LogP contribution is 2.30. The lowest BCUT2D eigenvalue weighted by Crippen LogP contribution is -2.46. The highest BCUT2D eigenvalue weighted by molar-refractivity contribution is 5.98. The van der Waals surface area contributed by atoms with Crippen LogP contribution in [0, 0.1) is 0 Å². The maximum absolute atomic E-state index is 13.3. The second-order valence-corrected chi connectivity index (χ2v) is 10.3. The van der Waals surface area contributed by atoms with Crippen molar-refractivity contribution < 1.29 is 38.1 Å². The van der Waals surface area contributed by atoms with Crippen LogP contribution in [0.15, 0.2) is 72.9 Å². The second kappa shape index (κ2) is 15.7. The predicted octanol–water partition coefficient (Wildman–Crippen LogP) is 4.70. The molecule has 4 rings (SSSR count). The van der Waals surface area contributed by atoms with Gasteiger partial charge in [-0.15, -0.1) is 0 Å². The number of pyridine rings is 1. The van der Waals surface area contributed by atoms with Gasteiger partial charge >= 0.3 is 11.9 Å². The number of carbonyl (C=O) groups is 3. The van der Waals surface area contributed by atoms with Gasteiger partial charge < -0.3 is 29.0 Å². The number of benzene rings is 2. The first-order valence-corrected chi connectivity index (χ1v) is 14.5. The van der Waals surface area contributed by atoms with E-state index >= 15 is 0 Å². The van der Waals surface area contributed by atoms with Gasteiger partial charge in [-0.05, 0) is 56.7 Å². The summed E-state index contributed by atoms with van der Waals surface area (Å²) in [6, 6.07) is 20.1. The van der Waals surface area contributed by atoms with E-state index in [1.165, 1.54) is 31.9 Å². The summed E-state index contributed by atoms with van der Waals surface area (Å²) in [5.41, 5.74) is 1.04. The van der Waals surface area contributed by atoms with E-state index in [1.807, 2.05) is 48.5 Å². The van der Waals surface area contributed by atoms with Crippen LogP contribution >= 0.6 is 0 Å². The molecule has 0 radical (unpaired) electrons. The van der Waals surface area contributed by atoms with E-state index < -0.39 is 42.2 Å². The number of rotatable bonds is 11. The first-order valence-electron chi connectivity index (χ1n) is 14.5. The monoisotopic (exact) mass is 590 g/mol. The van der Waals surface area contributed by atoms with Crippen molar-refractivity contribution >= 4 is 17.8 Å². The lowest BCUT2D eigenvalue weighted by molar-refractivity contribution is -0.163. The maximum atomic E-state index is 13.3. The molecule has 2 heterocycles. The lowest BCUT2D eigenvalue weighted by atomic mass is 10.0. The Bertz CT molecular complexity index is 1350. The van der Waals surface area contributed by atoms with Gasteiger partial charge in [0, 0.05) is 25.8 Å². The molecule has 1 aromatic heterocycles. The van der Waals surface area contributed by atoms with Crippen molar-refractivity contribution in [3.63, 3.8) is 0 Å². The van der Waals surface area contributed by atoms with Gasteiger partial charge in [0.15, 0.2) is 11.4 Å². The summed E-state index contributed by atoms with van der Waals surface area (Å²) in [7, 11) is 1.38. The van der Waals surface area contributed by atoms with Gasteiger partial charge in [-0.1, -0.05) is 48.5 Å². The van der Waals surface area contributed by atoms with Gasteiger partial charge in [-0.2, -0.15) is 0 Å². The molecule has 1 aliphatic heterocycles. The molecular weight excluding hydrogens is 552 g/mol. The van der Waals surface area contributed by atoms with Gasteiger partial charge in [-0.25, -0.2) is 9.78 Å². The minimum absolute atomic E-state index is 0.125. The number of ether oxygens (including phenoxy) is 5. The molecule has 4 unspecified atom stereocenters. The molecule has 0 bridgehead atoms. The molecule has 2 aromatic carbocycles. The number of carbonyl (C=O) groups excluding carboxylic acids is 3. The van der Waals surface area contributed by atoms with Gasteiger partial charge in [0.2, 0.25) is 5.75 Å². The molecule has 10 nitrogen and oxygen atoms in total. The van der Waals surface area contributed by atoms with Crippen molar-refractivity contribution in [2.75, 3.05) is 13.7 Å². The summed E-state index contributed by atoms with van der Waals surface area (Å²) in [6.45, 7) is 3.43. The third-order valence-corrected chi connectivity index (χ3v) is 7.05. The van der Waals surface area contributed by atoms with E-state index in [9.17, 15) is 14.4 Å². The normalized spacial score (nSPS) is 20.5. The third-order valence-electron chi connectivity index (χ3n) is 7.05. The number of methoxy groups -OCH3 is 1. The Labute approximate surface area is 251 Å². The number of aryl methyl sites for hydroxylation is 1. The van der Waals surface area contributed by atoms with E-state index in [4.69, 9.17) is 23.7 Å². The number of amides is 1. The number of hydrogen-bond donors (Lipinski definition) is 1. The fourth-order valence-electron chi connectivity index (χ4n) is 4.98. The summed E-state index contributed by atoms with van der Waals surface area (Å²) in [5.74, 6) is -1.22. The Morgan fingerprint density at radius 2 is 1.74 bits per heavy atom. The summed E-state index contributed by atoms with van der Waals surface area (Å²) in [6.07, 6.45) is 2.79. The highest BCUT2D eigenvalue weighted by Gasteiger charge is 2.36. The van der Waals surface area contributed by atoms with Crippen LogP contribution in [0.4, 0.5) is 0 Å². The molecule has 1 N–H and O–H groups in total. The number of nitrogens with zero attached hydrogens (tertiary/aromatic N) is 1. The number of esters is 2. The molecule has 43 heavy (non-hydrogen) atoms. The standard InChI is InChI=1S/C33H38N2O8/c1-22-30(40-21-11-14-24-12-6-4-7-13-24)28(43-25-15-8-5-9-16-25)18-10-17-26(33(38)41-22)35-32(37)29-31(42-23(2)36)27(39-3)19-20-34-29/h4-9,12-13,15-16,19-20,22,26,28,30H,10-11,14,17-18,21H2,1-3H3,(H,35,37). The van der Waals surface area contributed by atoms with E-state index in [0.717, 1.165) is 12.8 Å². The average molecular weight is 591 g/mol. The molecule has 1 amide bonds. The zero-order valence-electron chi connectivity index (χ0n) is 24.7. The van der Waals surface area contributed by atoms with Crippen molar-refractivity contribution in [2.45, 2.75) is 70.3 Å². The van der Waals surface area contributed by atoms with Gasteiger partial charge in [0.1, 0.15) is 30.1 Å². The van der Waals surface area contributed by atoms with Crippen LogP contribution in [-0.2, 0) is 25.5 Å². The van der Waals surface area contributed by atoms with Crippen LogP contribution < -0.4 is 19.5 Å². The van der Waals surface area contributed by atoms with Gasteiger partial charge in [0.05, 0.1) is 7.11 Å². The Morgan fingerprint density at radius 3 is 2.44 bits per heavy atom. The smallest absolute Gasteiger partial charge is 0.329 e. The molecule has 1 fully saturated rings. The Morgan fingerprint density at radius 1 is 1.02 bits per heavy atom. The third kappa shape index (κ3) is 9.02. The van der Waals surface area contributed by atoms with Crippen molar-refractivity contribution in [1.29, 1.82) is 0 Å².